The Morgan fingerprint density at radius 3 is 2.30 bits per heavy atom. The summed E-state index contributed by atoms with van der Waals surface area (Å²) in [5.41, 5.74) is -0.274. The summed E-state index contributed by atoms with van der Waals surface area (Å²) in [5.74, 6) is 0. The van der Waals surface area contributed by atoms with Crippen molar-refractivity contribution in [1.82, 2.24) is 9.80 Å². The Bertz CT molecular complexity index is 1000. The number of carbonyl (C=O) groups excluding carboxylic acids is 1. The van der Waals surface area contributed by atoms with Crippen LogP contribution in [0.4, 0.5) is 31.1 Å². The minimum atomic E-state index is -5.73. The molecule has 3 heterocycles. The molecule has 2 saturated heterocycles. The van der Waals surface area contributed by atoms with E-state index in [1.54, 1.807) is 11.3 Å². The third kappa shape index (κ3) is 4.90. The van der Waals surface area contributed by atoms with Crippen LogP contribution in [0.25, 0.3) is 10.1 Å². The molecule has 0 unspecified atom stereocenters. The third-order valence-corrected chi connectivity index (χ3v) is 8.14. The summed E-state index contributed by atoms with van der Waals surface area (Å²) in [6, 6.07) is 7.80. The number of ether oxygens (including phenoxy) is 1. The minimum absolute atomic E-state index is 0.0257. The molecular weight excluding hydrogens is 494 g/mol. The van der Waals surface area contributed by atoms with E-state index in [0.717, 1.165) is 39.2 Å². The van der Waals surface area contributed by atoms with Crippen LogP contribution in [-0.4, -0.2) is 59.5 Å². The van der Waals surface area contributed by atoms with E-state index in [1.807, 2.05) is 24.3 Å². The highest BCUT2D eigenvalue weighted by molar-refractivity contribution is 7.19. The predicted molar refractivity (Wildman–Crippen MR) is 112 cm³/mol. The topological polar surface area (TPSA) is 32.8 Å². The monoisotopic (exact) mass is 514 g/mol. The van der Waals surface area contributed by atoms with E-state index >= 15 is 0 Å². The van der Waals surface area contributed by atoms with Crippen LogP contribution >= 0.6 is 22.9 Å². The second kappa shape index (κ2) is 8.81. The summed E-state index contributed by atoms with van der Waals surface area (Å²) in [5, 5.41) is 1.68. The molecule has 2 fully saturated rings. The maximum absolute atomic E-state index is 12.7. The first-order valence-electron chi connectivity index (χ1n) is 10.4. The number of nitrogens with zero attached hydrogens (tertiary/aromatic N) is 2. The van der Waals surface area contributed by atoms with Crippen LogP contribution in [0.15, 0.2) is 24.3 Å². The molecule has 12 heteroatoms. The van der Waals surface area contributed by atoms with Gasteiger partial charge in [0.15, 0.2) is 0 Å². The van der Waals surface area contributed by atoms with Crippen molar-refractivity contribution in [3.63, 3.8) is 0 Å². The van der Waals surface area contributed by atoms with E-state index in [1.165, 1.54) is 0 Å². The summed E-state index contributed by atoms with van der Waals surface area (Å²) in [4.78, 5) is 16.3. The van der Waals surface area contributed by atoms with Gasteiger partial charge < -0.3 is 9.64 Å². The second-order valence-electron chi connectivity index (χ2n) is 8.42. The van der Waals surface area contributed by atoms with Crippen molar-refractivity contribution >= 4 is 39.1 Å². The number of hydrogen-bond acceptors (Lipinski definition) is 4. The van der Waals surface area contributed by atoms with Crippen LogP contribution in [0.1, 0.15) is 30.6 Å². The molecule has 1 aromatic heterocycles. The number of rotatable bonds is 3. The van der Waals surface area contributed by atoms with Gasteiger partial charge in [-0.15, -0.1) is 11.3 Å². The van der Waals surface area contributed by atoms with Crippen LogP contribution in [0.3, 0.4) is 0 Å². The van der Waals surface area contributed by atoms with Gasteiger partial charge in [-0.2, -0.15) is 26.3 Å². The van der Waals surface area contributed by atoms with Gasteiger partial charge in [0.05, 0.1) is 5.02 Å². The lowest BCUT2D eigenvalue weighted by molar-refractivity contribution is -0.308. The molecule has 4 nitrogen and oxygen atoms in total. The highest BCUT2D eigenvalue weighted by atomic mass is 35.5. The highest BCUT2D eigenvalue weighted by Crippen LogP contribution is 2.43. The lowest BCUT2D eigenvalue weighted by atomic mass is 9.85. The normalized spacial score (nSPS) is 19.7. The van der Waals surface area contributed by atoms with Gasteiger partial charge in [-0.05, 0) is 38.3 Å². The fourth-order valence-electron chi connectivity index (χ4n) is 4.75. The Balaban J connectivity index is 1.42. The number of carbonyl (C=O) groups is 1. The largest absolute Gasteiger partial charge is 0.434 e. The number of alkyl halides is 6. The van der Waals surface area contributed by atoms with Crippen LogP contribution < -0.4 is 0 Å². The maximum Gasteiger partial charge on any atom is 0.434 e. The number of thiophene rings is 1. The average Bonchev–Trinajstić information content (AvgIpc) is 3.26. The van der Waals surface area contributed by atoms with Gasteiger partial charge >= 0.3 is 18.4 Å². The molecule has 2 aliphatic heterocycles. The first kappa shape index (κ1) is 24.4. The number of piperidine rings is 1. The number of benzene rings is 1. The molecule has 0 saturated carbocycles. The molecule has 1 amide bonds. The maximum atomic E-state index is 12.7. The standard InChI is InChI=1S/C21H21ClF6N2O2S/c22-16-13-4-1-2-5-14(13)33-15(16)12-30-9-3-6-19(30)7-10-29(11-8-19)18(31)32-17(20(23,24)25)21(26,27)28/h1-2,4-5,17H,3,6-12H2. The summed E-state index contributed by atoms with van der Waals surface area (Å²) >= 11 is 8.18. The van der Waals surface area contributed by atoms with E-state index in [-0.39, 0.29) is 18.6 Å². The summed E-state index contributed by atoms with van der Waals surface area (Å²) < 4.78 is 81.2. The highest BCUT2D eigenvalue weighted by Gasteiger charge is 2.60. The number of fused-ring (bicyclic) bond motifs is 1. The van der Waals surface area contributed by atoms with E-state index in [9.17, 15) is 31.1 Å². The van der Waals surface area contributed by atoms with Crippen molar-refractivity contribution in [3.8, 4) is 0 Å². The number of amides is 1. The van der Waals surface area contributed by atoms with Crippen LogP contribution in [0.2, 0.25) is 5.02 Å². The van der Waals surface area contributed by atoms with Crippen molar-refractivity contribution in [2.75, 3.05) is 19.6 Å². The second-order valence-corrected chi connectivity index (χ2v) is 9.93. The molecule has 0 radical (unpaired) electrons. The first-order valence-corrected chi connectivity index (χ1v) is 11.6. The fraction of sp³-hybridized carbons (Fsp3) is 0.571. The molecule has 2 aromatic rings. The molecule has 0 atom stereocenters. The Kier molecular flexibility index (Phi) is 6.52. The lowest BCUT2D eigenvalue weighted by Gasteiger charge is -2.45. The molecule has 2 aliphatic rings. The van der Waals surface area contributed by atoms with Crippen molar-refractivity contribution in [2.24, 2.45) is 0 Å². The van der Waals surface area contributed by atoms with Crippen molar-refractivity contribution in [1.29, 1.82) is 0 Å². The molecule has 0 N–H and O–H groups in total. The van der Waals surface area contributed by atoms with Crippen LogP contribution in [0.5, 0.6) is 0 Å². The third-order valence-electron chi connectivity index (χ3n) is 6.44. The molecular formula is C21H21ClF6N2O2S. The van der Waals surface area contributed by atoms with Crippen molar-refractivity contribution in [3.05, 3.63) is 34.2 Å². The molecule has 1 spiro atoms. The first-order chi connectivity index (χ1) is 15.4. The summed E-state index contributed by atoms with van der Waals surface area (Å²) in [7, 11) is 0. The van der Waals surface area contributed by atoms with Crippen LogP contribution in [-0.2, 0) is 11.3 Å². The zero-order chi connectivity index (χ0) is 24.0. The van der Waals surface area contributed by atoms with E-state index < -0.39 is 24.5 Å². The van der Waals surface area contributed by atoms with E-state index in [4.69, 9.17) is 11.6 Å². The minimum Gasteiger partial charge on any atom is -0.426 e. The SMILES string of the molecule is O=C(OC(C(F)(F)F)C(F)(F)F)N1CCC2(CCCN2Cc2sc3ccccc3c2Cl)CC1. The number of halogens is 7. The lowest BCUT2D eigenvalue weighted by Crippen LogP contribution is -2.54. The van der Waals surface area contributed by atoms with Gasteiger partial charge in [-0.25, -0.2) is 4.79 Å². The van der Waals surface area contributed by atoms with E-state index in [0.29, 0.717) is 24.4 Å². The Morgan fingerprint density at radius 2 is 1.70 bits per heavy atom. The zero-order valence-electron chi connectivity index (χ0n) is 17.3. The number of likely N-dealkylation sites (tertiary alicyclic amines) is 2. The van der Waals surface area contributed by atoms with Gasteiger partial charge in [0.2, 0.25) is 0 Å². The van der Waals surface area contributed by atoms with Gasteiger partial charge in [0.25, 0.3) is 6.10 Å². The molecule has 0 aliphatic carbocycles. The van der Waals surface area contributed by atoms with Crippen molar-refractivity contribution < 1.29 is 35.9 Å². The quantitative estimate of drug-likeness (QED) is 0.432. The van der Waals surface area contributed by atoms with Crippen LogP contribution in [0, 0.1) is 0 Å². The van der Waals surface area contributed by atoms with Crippen molar-refractivity contribution in [2.45, 2.75) is 56.2 Å². The van der Waals surface area contributed by atoms with Gasteiger partial charge in [0, 0.05) is 40.1 Å². The van der Waals surface area contributed by atoms with E-state index in [2.05, 4.69) is 9.64 Å². The van der Waals surface area contributed by atoms with Gasteiger partial charge in [-0.3, -0.25) is 4.90 Å². The molecule has 1 aromatic carbocycles. The molecule has 33 heavy (non-hydrogen) atoms. The van der Waals surface area contributed by atoms with Gasteiger partial charge in [0.1, 0.15) is 0 Å². The fourth-order valence-corrected chi connectivity index (χ4v) is 6.26. The average molecular weight is 515 g/mol. The molecule has 0 bridgehead atoms. The molecule has 4 rings (SSSR count). The smallest absolute Gasteiger partial charge is 0.426 e. The zero-order valence-corrected chi connectivity index (χ0v) is 18.9. The van der Waals surface area contributed by atoms with Gasteiger partial charge in [-0.1, -0.05) is 29.8 Å². The predicted octanol–water partition coefficient (Wildman–Crippen LogP) is 6.61. The molecule has 182 valence electrons. The Labute approximate surface area is 195 Å². The number of hydrogen-bond donors (Lipinski definition) is 0. The summed E-state index contributed by atoms with van der Waals surface area (Å²) in [6.45, 7) is 1.46. The summed E-state index contributed by atoms with van der Waals surface area (Å²) in [6.07, 6.45) is -14.6. The Morgan fingerprint density at radius 1 is 1.06 bits per heavy atom. The Hall–Kier alpha value is -1.72.